The van der Waals surface area contributed by atoms with Gasteiger partial charge in [-0.15, -0.1) is 0 Å². The molecule has 6 nitrogen and oxygen atoms in total. The molecule has 3 aromatic rings. The Morgan fingerprint density at radius 2 is 1.96 bits per heavy atom. The van der Waals surface area contributed by atoms with Crippen LogP contribution in [0.2, 0.25) is 0 Å². The molecule has 1 amide bonds. The molecule has 0 spiro atoms. The Labute approximate surface area is 145 Å². The Hall–Kier alpha value is -3.28. The van der Waals surface area contributed by atoms with Crippen molar-refractivity contribution in [2.24, 2.45) is 0 Å². The van der Waals surface area contributed by atoms with Crippen molar-refractivity contribution < 1.29 is 13.9 Å². The Morgan fingerprint density at radius 3 is 2.76 bits per heavy atom. The van der Waals surface area contributed by atoms with Gasteiger partial charge in [0.15, 0.2) is 5.69 Å². The van der Waals surface area contributed by atoms with E-state index in [-0.39, 0.29) is 11.6 Å². The molecule has 1 heterocycles. The predicted octanol–water partition coefficient (Wildman–Crippen LogP) is 2.90. The van der Waals surface area contributed by atoms with Gasteiger partial charge in [-0.25, -0.2) is 4.98 Å². The van der Waals surface area contributed by atoms with E-state index >= 15 is 0 Å². The summed E-state index contributed by atoms with van der Waals surface area (Å²) in [4.78, 5) is 16.4. The van der Waals surface area contributed by atoms with E-state index in [1.165, 1.54) is 6.26 Å². The lowest BCUT2D eigenvalue weighted by Crippen LogP contribution is -2.26. The zero-order valence-electron chi connectivity index (χ0n) is 13.9. The van der Waals surface area contributed by atoms with Crippen LogP contribution in [0.1, 0.15) is 16.1 Å². The number of carbonyl (C=O) groups is 1. The highest BCUT2D eigenvalue weighted by molar-refractivity contribution is 5.92. The predicted molar refractivity (Wildman–Crippen MR) is 95.4 cm³/mol. The summed E-state index contributed by atoms with van der Waals surface area (Å²) in [5, 5.41) is 2.83. The molecule has 0 aliphatic rings. The highest BCUT2D eigenvalue weighted by Crippen LogP contribution is 2.24. The fourth-order valence-electron chi connectivity index (χ4n) is 2.50. The van der Waals surface area contributed by atoms with Crippen LogP contribution in [0.15, 0.2) is 59.2 Å². The molecule has 0 radical (unpaired) electrons. The van der Waals surface area contributed by atoms with Gasteiger partial charge >= 0.3 is 0 Å². The van der Waals surface area contributed by atoms with Crippen LogP contribution in [-0.2, 0) is 6.42 Å². The van der Waals surface area contributed by atoms with Crippen molar-refractivity contribution >= 4 is 11.6 Å². The molecule has 0 saturated carbocycles. The second-order valence-corrected chi connectivity index (χ2v) is 5.44. The van der Waals surface area contributed by atoms with Crippen LogP contribution < -0.4 is 15.8 Å². The number of hydrogen-bond donors (Lipinski definition) is 2. The maximum Gasteiger partial charge on any atom is 0.273 e. The van der Waals surface area contributed by atoms with Crippen LogP contribution in [0.4, 0.5) is 5.69 Å². The smallest absolute Gasteiger partial charge is 0.273 e. The van der Waals surface area contributed by atoms with Crippen molar-refractivity contribution in [3.8, 4) is 17.2 Å². The lowest BCUT2D eigenvalue weighted by atomic mass is 10.1. The Balaban J connectivity index is 1.62. The molecule has 0 bridgehead atoms. The van der Waals surface area contributed by atoms with Crippen LogP contribution in [0.5, 0.6) is 5.75 Å². The molecule has 0 aliphatic heterocycles. The molecule has 0 aliphatic carbocycles. The summed E-state index contributed by atoms with van der Waals surface area (Å²) in [5.74, 6) is 0.840. The van der Waals surface area contributed by atoms with Crippen molar-refractivity contribution in [2.75, 3.05) is 19.4 Å². The Kier molecular flexibility index (Phi) is 4.99. The van der Waals surface area contributed by atoms with Gasteiger partial charge in [-0.1, -0.05) is 30.3 Å². The minimum absolute atomic E-state index is 0.221. The average Bonchev–Trinajstić information content (AvgIpc) is 3.12. The van der Waals surface area contributed by atoms with Gasteiger partial charge in [0.1, 0.15) is 12.0 Å². The lowest BCUT2D eigenvalue weighted by Gasteiger charge is -2.08. The number of nitrogens with two attached hydrogens (primary N) is 1. The zero-order valence-corrected chi connectivity index (χ0v) is 13.9. The highest BCUT2D eigenvalue weighted by Gasteiger charge is 2.14. The summed E-state index contributed by atoms with van der Waals surface area (Å²) in [6, 6.07) is 14.9. The van der Waals surface area contributed by atoms with Gasteiger partial charge in [0.05, 0.1) is 12.7 Å². The Bertz CT molecular complexity index is 874. The molecule has 128 valence electrons. The van der Waals surface area contributed by atoms with E-state index in [1.54, 1.807) is 19.2 Å². The van der Waals surface area contributed by atoms with Crippen molar-refractivity contribution in [1.82, 2.24) is 10.3 Å². The van der Waals surface area contributed by atoms with E-state index in [4.69, 9.17) is 14.9 Å². The standard InChI is InChI=1S/C19H19N3O3/c1-24-17-9-5-2-6-13(17)10-11-21-18(23)16-12-25-19(22-16)14-7-3-4-8-15(14)20/h2-9,12H,10-11,20H2,1H3,(H,21,23). The summed E-state index contributed by atoms with van der Waals surface area (Å²) in [5.41, 5.74) is 8.36. The molecule has 0 saturated heterocycles. The second-order valence-electron chi connectivity index (χ2n) is 5.44. The molecule has 3 rings (SSSR count). The van der Waals surface area contributed by atoms with Crippen LogP contribution in [-0.4, -0.2) is 24.5 Å². The summed E-state index contributed by atoms with van der Waals surface area (Å²) < 4.78 is 10.7. The number of oxazole rings is 1. The van der Waals surface area contributed by atoms with Crippen LogP contribution >= 0.6 is 0 Å². The molecule has 0 atom stereocenters. The molecule has 1 aromatic heterocycles. The van der Waals surface area contributed by atoms with E-state index in [9.17, 15) is 4.79 Å². The topological polar surface area (TPSA) is 90.4 Å². The van der Waals surface area contributed by atoms with Gasteiger partial charge in [-0.2, -0.15) is 0 Å². The fourth-order valence-corrected chi connectivity index (χ4v) is 2.50. The summed E-state index contributed by atoms with van der Waals surface area (Å²) in [7, 11) is 1.63. The largest absolute Gasteiger partial charge is 0.496 e. The fraction of sp³-hybridized carbons (Fsp3) is 0.158. The van der Waals surface area contributed by atoms with Crippen molar-refractivity contribution in [3.05, 3.63) is 66.1 Å². The Morgan fingerprint density at radius 1 is 1.20 bits per heavy atom. The first kappa shape index (κ1) is 16.6. The number of nitrogens with one attached hydrogen (secondary N) is 1. The summed E-state index contributed by atoms with van der Waals surface area (Å²) >= 11 is 0. The van der Waals surface area contributed by atoms with Crippen molar-refractivity contribution in [2.45, 2.75) is 6.42 Å². The molecule has 2 aromatic carbocycles. The number of aromatic nitrogens is 1. The monoisotopic (exact) mass is 337 g/mol. The quantitative estimate of drug-likeness (QED) is 0.675. The number of hydrogen-bond acceptors (Lipinski definition) is 5. The maximum atomic E-state index is 12.2. The van der Waals surface area contributed by atoms with Gasteiger partial charge in [0.2, 0.25) is 5.89 Å². The van der Waals surface area contributed by atoms with Crippen molar-refractivity contribution in [3.63, 3.8) is 0 Å². The minimum atomic E-state index is -0.292. The zero-order chi connectivity index (χ0) is 17.6. The number of methoxy groups -OCH3 is 1. The van der Waals surface area contributed by atoms with E-state index in [0.29, 0.717) is 30.1 Å². The molecule has 0 fully saturated rings. The van der Waals surface area contributed by atoms with Crippen LogP contribution in [0.25, 0.3) is 11.5 Å². The number of anilines is 1. The number of ether oxygens (including phenoxy) is 1. The van der Waals surface area contributed by atoms with Gasteiger partial charge in [0, 0.05) is 12.2 Å². The average molecular weight is 337 g/mol. The van der Waals surface area contributed by atoms with Gasteiger partial charge in [-0.05, 0) is 30.2 Å². The molecular weight excluding hydrogens is 318 g/mol. The minimum Gasteiger partial charge on any atom is -0.496 e. The second kappa shape index (κ2) is 7.53. The number of nitrogen functional groups attached to an aromatic ring is 1. The normalized spacial score (nSPS) is 10.4. The number of para-hydroxylation sites is 2. The third-order valence-corrected chi connectivity index (χ3v) is 3.80. The number of rotatable bonds is 6. The van der Waals surface area contributed by atoms with Crippen LogP contribution in [0.3, 0.4) is 0 Å². The first-order valence-corrected chi connectivity index (χ1v) is 7.89. The van der Waals surface area contributed by atoms with Gasteiger partial charge < -0.3 is 20.2 Å². The molecular formula is C19H19N3O3. The molecule has 25 heavy (non-hydrogen) atoms. The first-order chi connectivity index (χ1) is 12.2. The van der Waals surface area contributed by atoms with E-state index < -0.39 is 0 Å². The first-order valence-electron chi connectivity index (χ1n) is 7.89. The van der Waals surface area contributed by atoms with Crippen LogP contribution in [0, 0.1) is 0 Å². The molecule has 0 unspecified atom stereocenters. The summed E-state index contributed by atoms with van der Waals surface area (Å²) in [6.07, 6.45) is 1.99. The van der Waals surface area contributed by atoms with Gasteiger partial charge in [0.25, 0.3) is 5.91 Å². The summed E-state index contributed by atoms with van der Waals surface area (Å²) in [6.45, 7) is 0.467. The van der Waals surface area contributed by atoms with E-state index in [1.807, 2.05) is 36.4 Å². The highest BCUT2D eigenvalue weighted by atomic mass is 16.5. The lowest BCUT2D eigenvalue weighted by molar-refractivity contribution is 0.0949. The number of amides is 1. The maximum absolute atomic E-state index is 12.2. The van der Waals surface area contributed by atoms with Gasteiger partial charge in [-0.3, -0.25) is 4.79 Å². The van der Waals surface area contributed by atoms with Crippen molar-refractivity contribution in [1.29, 1.82) is 0 Å². The van der Waals surface area contributed by atoms with E-state index in [2.05, 4.69) is 10.3 Å². The number of carbonyl (C=O) groups excluding carboxylic acids is 1. The number of benzene rings is 2. The number of nitrogens with zero attached hydrogens (tertiary/aromatic N) is 1. The molecule has 3 N–H and O–H groups in total. The SMILES string of the molecule is COc1ccccc1CCNC(=O)c1coc(-c2ccccc2N)n1. The molecule has 6 heteroatoms. The third-order valence-electron chi connectivity index (χ3n) is 3.80. The third kappa shape index (κ3) is 3.80. The van der Waals surface area contributed by atoms with E-state index in [0.717, 1.165) is 11.3 Å².